The number of hydrogen-bond acceptors (Lipinski definition) is 12. The minimum Gasteiger partial charge on any atom is -0.508 e. The first-order chi connectivity index (χ1) is 23.8. The topological polar surface area (TPSA) is 422 Å². The van der Waals surface area contributed by atoms with E-state index in [1.54, 1.807) is 0 Å². The van der Waals surface area contributed by atoms with Crippen LogP contribution in [0.3, 0.4) is 0 Å². The number of aliphatic imine (C=N–C) groups is 2. The fourth-order valence-electron chi connectivity index (χ4n) is 4.16. The highest BCUT2D eigenvalue weighted by Crippen LogP contribution is 2.35. The molecule has 0 heterocycles. The quantitative estimate of drug-likeness (QED) is 0.0214. The smallest absolute Gasteiger partial charge is 0.469 e. The van der Waals surface area contributed by atoms with E-state index in [0.717, 1.165) is 0 Å². The van der Waals surface area contributed by atoms with Crippen molar-refractivity contribution in [2.24, 2.45) is 44.4 Å². The number of nitrogens with zero attached hydrogens (tertiary/aromatic N) is 2. The Morgan fingerprint density at radius 2 is 1.20 bits per heavy atom. The lowest BCUT2D eigenvalue weighted by Crippen LogP contribution is -2.60. The summed E-state index contributed by atoms with van der Waals surface area (Å²) < 4.78 is 15.9. The van der Waals surface area contributed by atoms with Crippen LogP contribution >= 0.6 is 7.82 Å². The minimum atomic E-state index is -5.22. The Labute approximate surface area is 292 Å². The van der Waals surface area contributed by atoms with Crippen LogP contribution < -0.4 is 55.7 Å². The molecule has 1 aromatic carbocycles. The van der Waals surface area contributed by atoms with Gasteiger partial charge in [-0.15, -0.1) is 0 Å². The van der Waals surface area contributed by atoms with E-state index in [2.05, 4.69) is 35.8 Å². The van der Waals surface area contributed by atoms with Crippen LogP contribution in [0.4, 0.5) is 0 Å². The summed E-state index contributed by atoms with van der Waals surface area (Å²) in [4.78, 5) is 90.7. The molecule has 51 heavy (non-hydrogen) atoms. The zero-order valence-electron chi connectivity index (χ0n) is 27.5. The van der Waals surface area contributed by atoms with Gasteiger partial charge in [-0.3, -0.25) is 38.5 Å². The SMILES string of the molecule is NC(=O)[C@H](CCCN=C(N)N)NC(=O)[C@H](Cc1ccc(O)cc1)NC(=O)[C@H](COP(=O)(O)O)NC(=O)[C@H](CO)NC(=O)[C@@H](N)CCCN=C(N)N. The summed E-state index contributed by atoms with van der Waals surface area (Å²) in [6.07, 6.45) is 0.344. The number of amides is 5. The molecule has 0 saturated carbocycles. The summed E-state index contributed by atoms with van der Waals surface area (Å²) in [5.41, 5.74) is 32.7. The molecule has 5 atom stereocenters. The molecule has 0 aliphatic carbocycles. The zero-order chi connectivity index (χ0) is 38.7. The Morgan fingerprint density at radius 3 is 1.71 bits per heavy atom. The van der Waals surface area contributed by atoms with Crippen molar-refractivity contribution in [3.8, 4) is 5.75 Å². The molecule has 0 aliphatic heterocycles. The van der Waals surface area contributed by atoms with Crippen molar-refractivity contribution in [3.05, 3.63) is 29.8 Å². The molecule has 24 heteroatoms. The normalized spacial score (nSPS) is 14.0. The summed E-state index contributed by atoms with van der Waals surface area (Å²) >= 11 is 0. The molecule has 5 amide bonds. The second-order valence-corrected chi connectivity index (χ2v) is 12.2. The molecule has 0 spiro atoms. The molecule has 1 aromatic rings. The Hall–Kier alpha value is -5.06. The lowest BCUT2D eigenvalue weighted by molar-refractivity contribution is -0.135. The number of aliphatic hydroxyl groups excluding tert-OH is 1. The lowest BCUT2D eigenvalue weighted by Gasteiger charge is -2.26. The van der Waals surface area contributed by atoms with Crippen molar-refractivity contribution < 1.29 is 53.1 Å². The van der Waals surface area contributed by atoms with E-state index in [9.17, 15) is 48.5 Å². The maximum Gasteiger partial charge on any atom is 0.469 e. The van der Waals surface area contributed by atoms with Crippen molar-refractivity contribution in [1.29, 1.82) is 0 Å². The van der Waals surface area contributed by atoms with E-state index in [4.69, 9.17) is 34.4 Å². The summed E-state index contributed by atoms with van der Waals surface area (Å²) in [7, 11) is -5.22. The van der Waals surface area contributed by atoms with Crippen LogP contribution in [0.1, 0.15) is 31.2 Å². The van der Waals surface area contributed by atoms with Crippen LogP contribution in [-0.4, -0.2) is 118 Å². The number of phenolic OH excluding ortho intramolecular Hbond substituents is 1. The summed E-state index contributed by atoms with van der Waals surface area (Å²) in [5.74, 6) is -5.58. The number of primary amides is 1. The van der Waals surface area contributed by atoms with Crippen LogP contribution in [0.15, 0.2) is 34.3 Å². The molecule has 0 fully saturated rings. The van der Waals surface area contributed by atoms with Crippen molar-refractivity contribution >= 4 is 49.3 Å². The van der Waals surface area contributed by atoms with Crippen LogP contribution in [0.5, 0.6) is 5.75 Å². The van der Waals surface area contributed by atoms with Gasteiger partial charge in [0.15, 0.2) is 11.9 Å². The fraction of sp³-hybridized carbons (Fsp3) is 0.519. The standard InChI is InChI=1S/C27H47N12O11P/c28-16(3-1-9-34-26(30)31)22(43)38-19(12-40)24(45)39-20(13-50-51(47,48)49)25(46)37-18(11-14-5-7-15(41)8-6-14)23(44)36-17(21(29)42)4-2-10-35-27(32)33/h5-8,16-20,40-41H,1-4,9-13,28H2,(H2,29,42)(H,36,44)(H,37,46)(H,38,43)(H,39,45)(H4,30,31,34)(H4,32,33,35)(H2,47,48,49)/t16-,17-,18-,19-,20-/m0/s1. The van der Waals surface area contributed by atoms with Gasteiger partial charge < -0.3 is 75.7 Å². The van der Waals surface area contributed by atoms with Gasteiger partial charge in [0, 0.05) is 19.5 Å². The van der Waals surface area contributed by atoms with Crippen molar-refractivity contribution in [3.63, 3.8) is 0 Å². The highest BCUT2D eigenvalue weighted by molar-refractivity contribution is 7.46. The van der Waals surface area contributed by atoms with Crippen molar-refractivity contribution in [2.45, 2.75) is 62.3 Å². The van der Waals surface area contributed by atoms with Gasteiger partial charge in [0.25, 0.3) is 0 Å². The second kappa shape index (κ2) is 21.9. The van der Waals surface area contributed by atoms with Crippen molar-refractivity contribution in [2.75, 3.05) is 26.3 Å². The molecule has 286 valence electrons. The minimum absolute atomic E-state index is 0.000724. The highest BCUT2D eigenvalue weighted by atomic mass is 31.2. The average Bonchev–Trinajstić information content (AvgIpc) is 3.04. The highest BCUT2D eigenvalue weighted by Gasteiger charge is 2.33. The summed E-state index contributed by atoms with van der Waals surface area (Å²) in [6, 6.07) is -2.07. The zero-order valence-corrected chi connectivity index (χ0v) is 28.4. The average molecular weight is 747 g/mol. The van der Waals surface area contributed by atoms with Crippen LogP contribution in [0.25, 0.3) is 0 Å². The van der Waals surface area contributed by atoms with Gasteiger partial charge in [0.2, 0.25) is 29.5 Å². The third-order valence-corrected chi connectivity index (χ3v) is 7.26. The molecule has 0 aliphatic rings. The number of aromatic hydroxyl groups is 1. The first-order valence-corrected chi connectivity index (χ1v) is 16.8. The first-order valence-electron chi connectivity index (χ1n) is 15.3. The molecule has 23 nitrogen and oxygen atoms in total. The van der Waals surface area contributed by atoms with Gasteiger partial charge in [-0.25, -0.2) is 4.57 Å². The van der Waals surface area contributed by atoms with Gasteiger partial charge >= 0.3 is 7.82 Å². The van der Waals surface area contributed by atoms with Gasteiger partial charge in [-0.2, -0.15) is 0 Å². The first kappa shape index (κ1) is 44.0. The number of benzene rings is 1. The van der Waals surface area contributed by atoms with Gasteiger partial charge in [-0.1, -0.05) is 12.1 Å². The Balaban J connectivity index is 3.22. The number of aliphatic hydroxyl groups is 1. The maximum atomic E-state index is 13.5. The number of carbonyl (C=O) groups excluding carboxylic acids is 5. The molecule has 20 N–H and O–H groups in total. The molecular weight excluding hydrogens is 699 g/mol. The van der Waals surface area contributed by atoms with E-state index in [0.29, 0.717) is 12.0 Å². The number of hydrogen-bond donors (Lipinski definition) is 14. The number of carbonyl (C=O) groups is 5. The maximum absolute atomic E-state index is 13.5. The molecular formula is C27H47N12O11P. The van der Waals surface area contributed by atoms with E-state index in [1.165, 1.54) is 24.3 Å². The molecule has 0 saturated heterocycles. The molecule has 0 radical (unpaired) electrons. The van der Waals surface area contributed by atoms with Gasteiger partial charge in [0.05, 0.1) is 19.3 Å². The number of phosphoric acid groups is 1. The van der Waals surface area contributed by atoms with E-state index >= 15 is 0 Å². The Kier molecular flexibility index (Phi) is 18.9. The third-order valence-electron chi connectivity index (χ3n) is 6.78. The molecule has 1 rings (SSSR count). The largest absolute Gasteiger partial charge is 0.508 e. The lowest BCUT2D eigenvalue weighted by atomic mass is 10.0. The molecule has 0 bridgehead atoms. The predicted molar refractivity (Wildman–Crippen MR) is 182 cm³/mol. The van der Waals surface area contributed by atoms with E-state index in [1.807, 2.05) is 0 Å². The van der Waals surface area contributed by atoms with Crippen LogP contribution in [0.2, 0.25) is 0 Å². The number of phenols is 1. The Morgan fingerprint density at radius 1 is 0.725 bits per heavy atom. The molecule has 0 aromatic heterocycles. The fourth-order valence-corrected chi connectivity index (χ4v) is 4.50. The van der Waals surface area contributed by atoms with E-state index in [-0.39, 0.29) is 56.4 Å². The van der Waals surface area contributed by atoms with Gasteiger partial charge in [0.1, 0.15) is 29.9 Å². The van der Waals surface area contributed by atoms with E-state index < -0.39 is 80.8 Å². The number of rotatable bonds is 23. The predicted octanol–water partition coefficient (Wildman–Crippen LogP) is -6.10. The third kappa shape index (κ3) is 18.5. The monoisotopic (exact) mass is 746 g/mol. The van der Waals surface area contributed by atoms with Crippen LogP contribution in [-0.2, 0) is 39.5 Å². The number of nitrogens with two attached hydrogens (primary N) is 6. The summed E-state index contributed by atoms with van der Waals surface area (Å²) in [6.45, 7) is -1.86. The molecule has 0 unspecified atom stereocenters. The number of phosphoric ester groups is 1. The van der Waals surface area contributed by atoms with Gasteiger partial charge in [-0.05, 0) is 43.4 Å². The number of nitrogens with one attached hydrogen (secondary N) is 4. The van der Waals surface area contributed by atoms with Crippen molar-refractivity contribution in [1.82, 2.24) is 21.3 Å². The Bertz CT molecular complexity index is 1430. The second-order valence-electron chi connectivity index (χ2n) is 11.0. The number of guanidine groups is 2. The summed E-state index contributed by atoms with van der Waals surface area (Å²) in [5, 5.41) is 28.5. The van der Waals surface area contributed by atoms with Crippen LogP contribution in [0, 0.1) is 0 Å².